The molecule has 0 saturated carbocycles. The third-order valence-corrected chi connectivity index (χ3v) is 2.17. The van der Waals surface area contributed by atoms with Gasteiger partial charge >= 0.3 is 5.97 Å². The molecule has 3 nitrogen and oxygen atoms in total. The van der Waals surface area contributed by atoms with Crippen LogP contribution in [0.4, 0.5) is 5.69 Å². The highest BCUT2D eigenvalue weighted by Gasteiger charge is 2.03. The van der Waals surface area contributed by atoms with E-state index in [1.54, 1.807) is 12.1 Å². The maximum absolute atomic E-state index is 11.1. The lowest BCUT2D eigenvalue weighted by molar-refractivity contribution is 0.0601. The quantitative estimate of drug-likeness (QED) is 0.596. The minimum Gasteiger partial charge on any atom is -0.465 e. The Morgan fingerprint density at radius 2 is 2.00 bits per heavy atom. The Bertz CT molecular complexity index is 306. The van der Waals surface area contributed by atoms with E-state index < -0.39 is 0 Å². The van der Waals surface area contributed by atoms with Gasteiger partial charge in [0.25, 0.3) is 0 Å². The number of anilines is 1. The minimum atomic E-state index is -0.296. The second-order valence-corrected chi connectivity index (χ2v) is 3.35. The Balaban J connectivity index is 2.52. The lowest BCUT2D eigenvalue weighted by Gasteiger charge is -2.05. The largest absolute Gasteiger partial charge is 0.465 e. The first-order valence-electron chi connectivity index (χ1n) is 5.20. The molecule has 3 heteroatoms. The monoisotopic (exact) mass is 207 g/mol. The third-order valence-electron chi connectivity index (χ3n) is 2.17. The first-order chi connectivity index (χ1) is 7.27. The Labute approximate surface area is 90.4 Å². The number of rotatable bonds is 5. The number of unbranched alkanes of at least 4 members (excludes halogenated alkanes) is 1. The molecule has 0 atom stereocenters. The predicted octanol–water partition coefficient (Wildman–Crippen LogP) is 2.69. The van der Waals surface area contributed by atoms with E-state index in [9.17, 15) is 4.79 Å². The van der Waals surface area contributed by atoms with Crippen LogP contribution < -0.4 is 5.32 Å². The molecule has 0 aliphatic rings. The van der Waals surface area contributed by atoms with E-state index in [1.807, 2.05) is 12.1 Å². The fourth-order valence-corrected chi connectivity index (χ4v) is 1.25. The number of esters is 1. The Hall–Kier alpha value is -1.51. The van der Waals surface area contributed by atoms with E-state index in [1.165, 1.54) is 13.5 Å². The summed E-state index contributed by atoms with van der Waals surface area (Å²) in [6, 6.07) is 7.31. The number of carbonyl (C=O) groups is 1. The van der Waals surface area contributed by atoms with Gasteiger partial charge in [-0.2, -0.15) is 0 Å². The number of carbonyl (C=O) groups excluding carboxylic acids is 1. The summed E-state index contributed by atoms with van der Waals surface area (Å²) in [4.78, 5) is 11.1. The number of ether oxygens (including phenoxy) is 1. The SMILES string of the molecule is CCCCNc1ccc(C(=O)OC)cc1. The van der Waals surface area contributed by atoms with Crippen LogP contribution in [0, 0.1) is 0 Å². The highest BCUT2D eigenvalue weighted by molar-refractivity contribution is 5.89. The van der Waals surface area contributed by atoms with Gasteiger partial charge < -0.3 is 10.1 Å². The van der Waals surface area contributed by atoms with Crippen LogP contribution in [0.3, 0.4) is 0 Å². The molecule has 0 aliphatic heterocycles. The molecule has 1 rings (SSSR count). The molecule has 0 aliphatic carbocycles. The molecule has 0 spiro atoms. The zero-order valence-electron chi connectivity index (χ0n) is 9.25. The van der Waals surface area contributed by atoms with Crippen LogP contribution in [0.25, 0.3) is 0 Å². The summed E-state index contributed by atoms with van der Waals surface area (Å²) in [5.41, 5.74) is 1.62. The topological polar surface area (TPSA) is 38.3 Å². The van der Waals surface area contributed by atoms with Gasteiger partial charge in [-0.05, 0) is 30.7 Å². The van der Waals surface area contributed by atoms with Crippen LogP contribution in [-0.4, -0.2) is 19.6 Å². The fraction of sp³-hybridized carbons (Fsp3) is 0.417. The Morgan fingerprint density at radius 1 is 1.33 bits per heavy atom. The first kappa shape index (κ1) is 11.6. The molecular formula is C12H17NO2. The van der Waals surface area contributed by atoms with E-state index in [-0.39, 0.29) is 5.97 Å². The summed E-state index contributed by atoms with van der Waals surface area (Å²) in [5, 5.41) is 3.28. The molecule has 0 bridgehead atoms. The fourth-order valence-electron chi connectivity index (χ4n) is 1.25. The van der Waals surface area contributed by atoms with Gasteiger partial charge in [0.15, 0.2) is 0 Å². The molecule has 0 fully saturated rings. The maximum atomic E-state index is 11.1. The zero-order valence-corrected chi connectivity index (χ0v) is 9.25. The van der Waals surface area contributed by atoms with Crippen molar-refractivity contribution in [2.75, 3.05) is 19.0 Å². The summed E-state index contributed by atoms with van der Waals surface area (Å²) in [7, 11) is 1.38. The number of methoxy groups -OCH3 is 1. The molecule has 0 radical (unpaired) electrons. The molecule has 0 unspecified atom stereocenters. The van der Waals surface area contributed by atoms with Crippen molar-refractivity contribution >= 4 is 11.7 Å². The Morgan fingerprint density at radius 3 is 2.53 bits per heavy atom. The van der Waals surface area contributed by atoms with Crippen molar-refractivity contribution in [3.05, 3.63) is 29.8 Å². The van der Waals surface area contributed by atoms with E-state index in [0.29, 0.717) is 5.56 Å². The number of nitrogens with one attached hydrogen (secondary N) is 1. The van der Waals surface area contributed by atoms with E-state index in [2.05, 4.69) is 17.0 Å². The van der Waals surface area contributed by atoms with Gasteiger partial charge in [-0.25, -0.2) is 4.79 Å². The van der Waals surface area contributed by atoms with Gasteiger partial charge in [-0.1, -0.05) is 13.3 Å². The predicted molar refractivity (Wildman–Crippen MR) is 61.2 cm³/mol. The summed E-state index contributed by atoms with van der Waals surface area (Å²) >= 11 is 0. The number of benzene rings is 1. The van der Waals surface area contributed by atoms with Gasteiger partial charge in [-0.15, -0.1) is 0 Å². The maximum Gasteiger partial charge on any atom is 0.337 e. The van der Waals surface area contributed by atoms with Crippen LogP contribution in [0.15, 0.2) is 24.3 Å². The molecule has 15 heavy (non-hydrogen) atoms. The summed E-state index contributed by atoms with van der Waals surface area (Å²) < 4.78 is 4.62. The van der Waals surface area contributed by atoms with E-state index in [0.717, 1.165) is 18.7 Å². The van der Waals surface area contributed by atoms with Crippen LogP contribution in [0.1, 0.15) is 30.1 Å². The van der Waals surface area contributed by atoms with Gasteiger partial charge in [0.1, 0.15) is 0 Å². The molecule has 1 aromatic rings. The number of hydrogen-bond donors (Lipinski definition) is 1. The lowest BCUT2D eigenvalue weighted by Crippen LogP contribution is -2.03. The minimum absolute atomic E-state index is 0.296. The van der Waals surface area contributed by atoms with Crippen molar-refractivity contribution in [3.8, 4) is 0 Å². The number of hydrogen-bond acceptors (Lipinski definition) is 3. The van der Waals surface area contributed by atoms with Gasteiger partial charge in [0.05, 0.1) is 12.7 Å². The van der Waals surface area contributed by atoms with Gasteiger partial charge in [0, 0.05) is 12.2 Å². The summed E-state index contributed by atoms with van der Waals surface area (Å²) in [6.45, 7) is 3.12. The molecule has 0 heterocycles. The van der Waals surface area contributed by atoms with Crippen LogP contribution >= 0.6 is 0 Å². The van der Waals surface area contributed by atoms with Crippen LogP contribution in [0.2, 0.25) is 0 Å². The van der Waals surface area contributed by atoms with Crippen LogP contribution in [0.5, 0.6) is 0 Å². The van der Waals surface area contributed by atoms with Crippen molar-refractivity contribution < 1.29 is 9.53 Å². The average Bonchev–Trinajstić information content (AvgIpc) is 2.29. The van der Waals surface area contributed by atoms with Gasteiger partial charge in [-0.3, -0.25) is 0 Å². The zero-order chi connectivity index (χ0) is 11.1. The van der Waals surface area contributed by atoms with E-state index in [4.69, 9.17) is 0 Å². The highest BCUT2D eigenvalue weighted by atomic mass is 16.5. The van der Waals surface area contributed by atoms with Crippen molar-refractivity contribution in [2.45, 2.75) is 19.8 Å². The first-order valence-corrected chi connectivity index (χ1v) is 5.20. The van der Waals surface area contributed by atoms with Crippen molar-refractivity contribution in [1.29, 1.82) is 0 Å². The summed E-state index contributed by atoms with van der Waals surface area (Å²) in [6.07, 6.45) is 2.33. The molecular weight excluding hydrogens is 190 g/mol. The summed E-state index contributed by atoms with van der Waals surface area (Å²) in [5.74, 6) is -0.296. The van der Waals surface area contributed by atoms with Crippen molar-refractivity contribution in [2.24, 2.45) is 0 Å². The highest BCUT2D eigenvalue weighted by Crippen LogP contribution is 2.10. The third kappa shape index (κ3) is 3.62. The lowest BCUT2D eigenvalue weighted by atomic mass is 10.2. The molecule has 0 saturated heterocycles. The van der Waals surface area contributed by atoms with Crippen molar-refractivity contribution in [3.63, 3.8) is 0 Å². The molecule has 1 N–H and O–H groups in total. The van der Waals surface area contributed by atoms with E-state index >= 15 is 0 Å². The second-order valence-electron chi connectivity index (χ2n) is 3.35. The van der Waals surface area contributed by atoms with Crippen molar-refractivity contribution in [1.82, 2.24) is 0 Å². The molecule has 0 aromatic heterocycles. The normalized spacial score (nSPS) is 9.73. The average molecular weight is 207 g/mol. The Kier molecular flexibility index (Phi) is 4.68. The standard InChI is InChI=1S/C12H17NO2/c1-3-4-9-13-11-7-5-10(6-8-11)12(14)15-2/h5-8,13H,3-4,9H2,1-2H3. The molecule has 0 amide bonds. The molecule has 1 aromatic carbocycles. The van der Waals surface area contributed by atoms with Crippen LogP contribution in [-0.2, 0) is 4.74 Å². The molecule has 82 valence electrons. The smallest absolute Gasteiger partial charge is 0.337 e. The van der Waals surface area contributed by atoms with Gasteiger partial charge in [0.2, 0.25) is 0 Å². The second kappa shape index (κ2) is 6.06.